The Kier molecular flexibility index (Phi) is 5.21. The Labute approximate surface area is 162 Å². The third kappa shape index (κ3) is 3.88. The van der Waals surface area contributed by atoms with Crippen molar-refractivity contribution in [3.8, 4) is 0 Å². The van der Waals surface area contributed by atoms with Gasteiger partial charge in [-0.1, -0.05) is 11.6 Å². The van der Waals surface area contributed by atoms with E-state index >= 15 is 0 Å². The van der Waals surface area contributed by atoms with Gasteiger partial charge in [0.2, 0.25) is 0 Å². The highest BCUT2D eigenvalue weighted by atomic mass is 35.5. The van der Waals surface area contributed by atoms with Gasteiger partial charge in [0.25, 0.3) is 5.91 Å². The summed E-state index contributed by atoms with van der Waals surface area (Å²) in [6.07, 6.45) is 1.53. The minimum Gasteiger partial charge on any atom is -0.423 e. The van der Waals surface area contributed by atoms with Crippen LogP contribution in [0, 0.1) is 6.92 Å². The minimum atomic E-state index is -0.355. The van der Waals surface area contributed by atoms with Gasteiger partial charge in [-0.05, 0) is 43.0 Å². The molecule has 4 rings (SSSR count). The van der Waals surface area contributed by atoms with E-state index in [2.05, 4.69) is 4.90 Å². The van der Waals surface area contributed by atoms with Gasteiger partial charge in [0.05, 0.1) is 0 Å². The van der Waals surface area contributed by atoms with Crippen molar-refractivity contribution < 1.29 is 13.9 Å². The number of benzene rings is 1. The van der Waals surface area contributed by atoms with Gasteiger partial charge in [-0.3, -0.25) is 9.69 Å². The molecule has 0 unspecified atom stereocenters. The first-order valence-corrected chi connectivity index (χ1v) is 9.75. The second kappa shape index (κ2) is 7.62. The molecule has 0 saturated carbocycles. The Bertz CT molecular complexity index is 912. The molecule has 1 atom stereocenters. The summed E-state index contributed by atoms with van der Waals surface area (Å²) in [6.45, 7) is 6.08. The predicted molar refractivity (Wildman–Crippen MR) is 103 cm³/mol. The Hall–Kier alpha value is -1.89. The van der Waals surface area contributed by atoms with Gasteiger partial charge in [-0.15, -0.1) is 0 Å². The first kappa shape index (κ1) is 18.5. The van der Waals surface area contributed by atoms with Gasteiger partial charge in [-0.25, -0.2) is 4.79 Å². The van der Waals surface area contributed by atoms with Crippen LogP contribution in [0.4, 0.5) is 0 Å². The average molecular weight is 391 g/mol. The van der Waals surface area contributed by atoms with E-state index in [0.29, 0.717) is 36.8 Å². The number of nitrogens with zero attached hydrogens (tertiary/aromatic N) is 2. The Balaban J connectivity index is 1.47. The molecule has 2 aromatic rings. The van der Waals surface area contributed by atoms with Crippen molar-refractivity contribution in [2.24, 2.45) is 0 Å². The molecule has 27 heavy (non-hydrogen) atoms. The van der Waals surface area contributed by atoms with Crippen LogP contribution >= 0.6 is 11.6 Å². The monoisotopic (exact) mass is 390 g/mol. The summed E-state index contributed by atoms with van der Waals surface area (Å²) in [4.78, 5) is 28.6. The van der Waals surface area contributed by atoms with Crippen LogP contribution in [-0.4, -0.2) is 54.6 Å². The van der Waals surface area contributed by atoms with Crippen LogP contribution in [0.1, 0.15) is 24.0 Å². The van der Waals surface area contributed by atoms with Crippen molar-refractivity contribution in [2.45, 2.75) is 32.4 Å². The van der Waals surface area contributed by atoms with Crippen LogP contribution in [0.3, 0.4) is 0 Å². The summed E-state index contributed by atoms with van der Waals surface area (Å²) in [5.74, 6) is 0.111. The number of fused-ring (bicyclic) bond motifs is 1. The Morgan fingerprint density at radius 1 is 1.22 bits per heavy atom. The maximum atomic E-state index is 12.5. The highest BCUT2D eigenvalue weighted by Gasteiger charge is 2.30. The lowest BCUT2D eigenvalue weighted by atomic mass is 10.1. The van der Waals surface area contributed by atoms with E-state index in [1.54, 1.807) is 6.07 Å². The molecule has 144 valence electrons. The average Bonchev–Trinajstić information content (AvgIpc) is 3.18. The summed E-state index contributed by atoms with van der Waals surface area (Å²) in [6, 6.07) is 5.21. The fourth-order valence-electron chi connectivity index (χ4n) is 3.82. The number of hydrogen-bond acceptors (Lipinski definition) is 5. The molecule has 7 heteroatoms. The molecule has 0 bridgehead atoms. The summed E-state index contributed by atoms with van der Waals surface area (Å²) in [7, 11) is 0. The minimum absolute atomic E-state index is 0.111. The maximum absolute atomic E-state index is 12.5. The lowest BCUT2D eigenvalue weighted by Gasteiger charge is -2.35. The molecule has 0 spiro atoms. The number of carbonyl (C=O) groups excluding carboxylic acids is 1. The quantitative estimate of drug-likeness (QED) is 0.754. The smallest absolute Gasteiger partial charge is 0.336 e. The summed E-state index contributed by atoms with van der Waals surface area (Å²) in [5.41, 5.74) is 1.99. The number of carbonyl (C=O) groups is 1. The number of aryl methyl sites for hydroxylation is 1. The number of rotatable bonds is 3. The topological polar surface area (TPSA) is 63.0 Å². The Morgan fingerprint density at radius 2 is 2.00 bits per heavy atom. The highest BCUT2D eigenvalue weighted by Crippen LogP contribution is 2.26. The van der Waals surface area contributed by atoms with Crippen molar-refractivity contribution in [3.63, 3.8) is 0 Å². The lowest BCUT2D eigenvalue weighted by Crippen LogP contribution is -2.51. The van der Waals surface area contributed by atoms with Gasteiger partial charge in [0.1, 0.15) is 11.7 Å². The highest BCUT2D eigenvalue weighted by molar-refractivity contribution is 6.32. The molecule has 2 aliphatic rings. The van der Waals surface area contributed by atoms with E-state index in [9.17, 15) is 9.59 Å². The molecule has 0 N–H and O–H groups in total. The summed E-state index contributed by atoms with van der Waals surface area (Å²) in [5, 5.41) is 1.52. The van der Waals surface area contributed by atoms with E-state index in [4.69, 9.17) is 20.8 Å². The number of piperazine rings is 1. The molecule has 1 aromatic carbocycles. The zero-order chi connectivity index (χ0) is 19.0. The van der Waals surface area contributed by atoms with E-state index in [1.165, 1.54) is 6.07 Å². The Morgan fingerprint density at radius 3 is 2.70 bits per heavy atom. The number of halogens is 1. The van der Waals surface area contributed by atoms with Crippen LogP contribution in [0.25, 0.3) is 11.0 Å². The third-order valence-electron chi connectivity index (χ3n) is 5.39. The maximum Gasteiger partial charge on any atom is 0.336 e. The van der Waals surface area contributed by atoms with Crippen molar-refractivity contribution in [3.05, 3.63) is 44.8 Å². The van der Waals surface area contributed by atoms with Gasteiger partial charge in [-0.2, -0.15) is 0 Å². The normalized spacial score (nSPS) is 21.1. The predicted octanol–water partition coefficient (Wildman–Crippen LogP) is 2.58. The molecule has 1 aromatic heterocycles. The van der Waals surface area contributed by atoms with Crippen LogP contribution in [-0.2, 0) is 16.1 Å². The second-order valence-electron chi connectivity index (χ2n) is 7.29. The fourth-order valence-corrected chi connectivity index (χ4v) is 3.99. The van der Waals surface area contributed by atoms with Crippen LogP contribution < -0.4 is 5.63 Å². The van der Waals surface area contributed by atoms with E-state index in [-0.39, 0.29) is 17.6 Å². The van der Waals surface area contributed by atoms with Crippen molar-refractivity contribution in [1.82, 2.24) is 9.80 Å². The molecule has 0 radical (unpaired) electrons. The van der Waals surface area contributed by atoms with Crippen LogP contribution in [0.5, 0.6) is 0 Å². The molecule has 0 aliphatic carbocycles. The molecular weight excluding hydrogens is 368 g/mol. The molecule has 6 nitrogen and oxygen atoms in total. The molecule has 2 fully saturated rings. The standard InChI is InChI=1S/C20H23ClN2O4/c1-13-9-18-15(11-16(13)21)14(10-19(24)27-18)12-22-4-6-23(7-5-22)20(25)17-3-2-8-26-17/h9-11,17H,2-8,12H2,1H3/t17-/m0/s1. The van der Waals surface area contributed by atoms with Gasteiger partial charge >= 0.3 is 5.63 Å². The SMILES string of the molecule is Cc1cc2oc(=O)cc(CN3CCN(C(=O)[C@@H]4CCCO4)CC3)c2cc1Cl. The van der Waals surface area contributed by atoms with Crippen LogP contribution in [0.15, 0.2) is 27.4 Å². The number of ether oxygens (including phenoxy) is 1. The summed E-state index contributed by atoms with van der Waals surface area (Å²) >= 11 is 6.27. The fraction of sp³-hybridized carbons (Fsp3) is 0.500. The third-order valence-corrected chi connectivity index (χ3v) is 5.80. The van der Waals surface area contributed by atoms with Crippen molar-refractivity contribution in [2.75, 3.05) is 32.8 Å². The van der Waals surface area contributed by atoms with E-state index in [0.717, 1.165) is 42.4 Å². The molecule has 2 aliphatic heterocycles. The molecule has 2 saturated heterocycles. The van der Waals surface area contributed by atoms with Gasteiger partial charge < -0.3 is 14.1 Å². The zero-order valence-corrected chi connectivity index (χ0v) is 16.1. The van der Waals surface area contributed by atoms with E-state index in [1.807, 2.05) is 17.9 Å². The number of hydrogen-bond donors (Lipinski definition) is 0. The van der Waals surface area contributed by atoms with Gasteiger partial charge in [0.15, 0.2) is 0 Å². The first-order valence-electron chi connectivity index (χ1n) is 9.37. The van der Waals surface area contributed by atoms with E-state index < -0.39 is 0 Å². The largest absolute Gasteiger partial charge is 0.423 e. The number of amides is 1. The zero-order valence-electron chi connectivity index (χ0n) is 15.4. The van der Waals surface area contributed by atoms with Crippen molar-refractivity contribution in [1.29, 1.82) is 0 Å². The molecule has 3 heterocycles. The molecule has 1 amide bonds. The first-order chi connectivity index (χ1) is 13.0. The second-order valence-corrected chi connectivity index (χ2v) is 7.70. The lowest BCUT2D eigenvalue weighted by molar-refractivity contribution is -0.142. The summed E-state index contributed by atoms with van der Waals surface area (Å²) < 4.78 is 10.8. The molecular formula is C20H23ClN2O4. The van der Waals surface area contributed by atoms with Crippen molar-refractivity contribution >= 4 is 28.5 Å². The van der Waals surface area contributed by atoms with Gasteiger partial charge in [0, 0.05) is 55.8 Å². The van der Waals surface area contributed by atoms with Crippen LogP contribution in [0.2, 0.25) is 5.02 Å².